The predicted octanol–water partition coefficient (Wildman–Crippen LogP) is 1.68. The molecule has 1 amide bonds. The summed E-state index contributed by atoms with van der Waals surface area (Å²) >= 11 is 0. The van der Waals surface area contributed by atoms with Crippen LogP contribution in [0.25, 0.3) is 0 Å². The summed E-state index contributed by atoms with van der Waals surface area (Å²) in [6.45, 7) is -0.168. The fraction of sp³-hybridized carbons (Fsp3) is 0.556. The van der Waals surface area contributed by atoms with Gasteiger partial charge in [0.05, 0.1) is 23.5 Å². The Morgan fingerprint density at radius 2 is 1.79 bits per heavy atom. The molecule has 0 unspecified atom stereocenters. The molecule has 28 heavy (non-hydrogen) atoms. The van der Waals surface area contributed by atoms with Crippen molar-refractivity contribution in [2.45, 2.75) is 37.2 Å². The monoisotopic (exact) mass is 428 g/mol. The van der Waals surface area contributed by atoms with Gasteiger partial charge in [-0.15, -0.1) is 0 Å². The molecule has 154 valence electrons. The van der Waals surface area contributed by atoms with Gasteiger partial charge in [0.1, 0.15) is 0 Å². The van der Waals surface area contributed by atoms with E-state index in [0.29, 0.717) is 18.4 Å². The minimum Gasteiger partial charge on any atom is -0.273 e. The van der Waals surface area contributed by atoms with E-state index in [0.717, 1.165) is 24.0 Å². The maximum absolute atomic E-state index is 12.8. The summed E-state index contributed by atoms with van der Waals surface area (Å²) in [6.07, 6.45) is 5.61. The molecule has 1 aliphatic carbocycles. The van der Waals surface area contributed by atoms with E-state index in [1.807, 2.05) is 0 Å². The maximum Gasteiger partial charge on any atom is 0.264 e. The Hall–Kier alpha value is -1.96. The van der Waals surface area contributed by atoms with Crippen LogP contribution in [-0.2, 0) is 35.5 Å². The van der Waals surface area contributed by atoms with Gasteiger partial charge in [0.2, 0.25) is 5.91 Å². The lowest BCUT2D eigenvalue weighted by atomic mass is 9.79. The van der Waals surface area contributed by atoms with Crippen LogP contribution in [-0.4, -0.2) is 46.7 Å². The van der Waals surface area contributed by atoms with Crippen LogP contribution in [0.3, 0.4) is 0 Å². The van der Waals surface area contributed by atoms with Gasteiger partial charge in [-0.2, -0.15) is 13.7 Å². The molecule has 0 radical (unpaired) electrons. The first-order valence-electron chi connectivity index (χ1n) is 8.87. The molecule has 0 spiro atoms. The van der Waals surface area contributed by atoms with Crippen molar-refractivity contribution in [3.8, 4) is 6.19 Å². The van der Waals surface area contributed by atoms with Crippen LogP contribution in [0, 0.1) is 23.3 Å². The average molecular weight is 429 g/mol. The zero-order valence-corrected chi connectivity index (χ0v) is 17.5. The molecular formula is C18H24N2O6S2. The third kappa shape index (κ3) is 6.02. The molecule has 1 fully saturated rings. The van der Waals surface area contributed by atoms with Crippen molar-refractivity contribution < 1.29 is 25.8 Å². The van der Waals surface area contributed by atoms with Crippen LogP contribution in [0.2, 0.25) is 0 Å². The van der Waals surface area contributed by atoms with Gasteiger partial charge in [-0.05, 0) is 36.5 Å². The number of rotatable bonds is 7. The topological polar surface area (TPSA) is 122 Å². The number of nitrogens with zero attached hydrogens (tertiary/aromatic N) is 2. The first-order chi connectivity index (χ1) is 13.0. The Morgan fingerprint density at radius 3 is 2.36 bits per heavy atom. The summed E-state index contributed by atoms with van der Waals surface area (Å²) in [4.78, 5) is 13.5. The maximum atomic E-state index is 12.8. The molecule has 8 nitrogen and oxygen atoms in total. The molecule has 1 aromatic carbocycles. The molecule has 1 aromatic rings. The minimum atomic E-state index is -3.63. The average Bonchev–Trinajstić information content (AvgIpc) is 2.65. The summed E-state index contributed by atoms with van der Waals surface area (Å²) in [7, 11) is -5.82. The van der Waals surface area contributed by atoms with Crippen molar-refractivity contribution in [1.82, 2.24) is 4.90 Å². The van der Waals surface area contributed by atoms with Crippen molar-refractivity contribution in [2.75, 3.05) is 19.1 Å². The molecule has 1 saturated carbocycles. The molecule has 2 atom stereocenters. The number of sulfone groups is 1. The number of carbonyl (C=O) groups excluding carboxylic acids is 1. The van der Waals surface area contributed by atoms with Crippen molar-refractivity contribution >= 4 is 25.9 Å². The van der Waals surface area contributed by atoms with Gasteiger partial charge in [0.15, 0.2) is 16.0 Å². The molecular weight excluding hydrogens is 404 g/mol. The quantitative estimate of drug-likeness (QED) is 0.368. The molecule has 1 aliphatic rings. The number of hydrogen-bond acceptors (Lipinski definition) is 7. The number of carbonyl (C=O) groups is 1. The van der Waals surface area contributed by atoms with Gasteiger partial charge in [0, 0.05) is 13.0 Å². The lowest BCUT2D eigenvalue weighted by Gasteiger charge is -2.31. The molecule has 0 N–H and O–H groups in total. The summed E-state index contributed by atoms with van der Waals surface area (Å²) in [5.74, 6) is -1.32. The molecule has 0 saturated heterocycles. The molecule has 0 aliphatic heterocycles. The zero-order chi connectivity index (χ0) is 20.9. The summed E-state index contributed by atoms with van der Waals surface area (Å²) in [5.41, 5.74) is 0.533. The van der Waals surface area contributed by atoms with Crippen molar-refractivity contribution in [3.63, 3.8) is 0 Å². The highest BCUT2D eigenvalue weighted by atomic mass is 32.2. The molecule has 10 heteroatoms. The van der Waals surface area contributed by atoms with Crippen LogP contribution in [0.1, 0.15) is 31.2 Å². The minimum absolute atomic E-state index is 0.112. The van der Waals surface area contributed by atoms with E-state index in [1.165, 1.54) is 31.3 Å². The fourth-order valence-electron chi connectivity index (χ4n) is 3.38. The zero-order valence-electron chi connectivity index (χ0n) is 15.9. The lowest BCUT2D eigenvalue weighted by Crippen LogP contribution is -2.38. The Kier molecular flexibility index (Phi) is 7.20. The van der Waals surface area contributed by atoms with Crippen LogP contribution in [0.5, 0.6) is 0 Å². The molecule has 0 bridgehead atoms. The Balaban J connectivity index is 2.13. The van der Waals surface area contributed by atoms with Crippen LogP contribution in [0.15, 0.2) is 29.2 Å². The van der Waals surface area contributed by atoms with E-state index < -0.39 is 25.9 Å². The predicted molar refractivity (Wildman–Crippen MR) is 102 cm³/mol. The standard InChI is InChI=1S/C18H24N2O6S2/c1-20(13-19)18(21)17-6-4-3-5-15(17)12-28(24,25)16-9-7-14(8-10-16)11-26-27(2,22)23/h7-10,15,17H,3-6,11-12H2,1-2H3/t15-,17+/m0/s1. The van der Waals surface area contributed by atoms with Gasteiger partial charge < -0.3 is 0 Å². The highest BCUT2D eigenvalue weighted by Crippen LogP contribution is 2.33. The number of benzene rings is 1. The van der Waals surface area contributed by atoms with E-state index in [-0.39, 0.29) is 29.1 Å². The van der Waals surface area contributed by atoms with Gasteiger partial charge in [0.25, 0.3) is 10.1 Å². The van der Waals surface area contributed by atoms with Crippen molar-refractivity contribution in [2.24, 2.45) is 11.8 Å². The van der Waals surface area contributed by atoms with Crippen LogP contribution >= 0.6 is 0 Å². The van der Waals surface area contributed by atoms with Crippen LogP contribution in [0.4, 0.5) is 0 Å². The SMILES string of the molecule is CN(C#N)C(=O)[C@@H]1CCCC[C@H]1CS(=O)(=O)c1ccc(COS(C)(=O)=O)cc1. The summed E-state index contributed by atoms with van der Waals surface area (Å²) < 4.78 is 52.4. The first kappa shape index (κ1) is 22.3. The van der Waals surface area contributed by atoms with E-state index in [1.54, 1.807) is 6.19 Å². The van der Waals surface area contributed by atoms with Crippen molar-refractivity contribution in [1.29, 1.82) is 5.26 Å². The number of nitriles is 1. The third-order valence-electron chi connectivity index (χ3n) is 4.86. The Bertz CT molecular complexity index is 949. The van der Waals surface area contributed by atoms with Crippen LogP contribution < -0.4 is 0 Å². The second kappa shape index (κ2) is 9.03. The molecule has 0 heterocycles. The number of hydrogen-bond donors (Lipinski definition) is 0. The largest absolute Gasteiger partial charge is 0.273 e. The highest BCUT2D eigenvalue weighted by Gasteiger charge is 2.36. The number of amides is 1. The second-order valence-corrected chi connectivity index (χ2v) is 10.7. The molecule has 0 aromatic heterocycles. The Morgan fingerprint density at radius 1 is 1.18 bits per heavy atom. The molecule has 2 rings (SSSR count). The van der Waals surface area contributed by atoms with Gasteiger partial charge in [-0.3, -0.25) is 13.9 Å². The summed E-state index contributed by atoms with van der Waals surface area (Å²) in [5, 5.41) is 8.94. The normalized spacial score (nSPS) is 20.3. The lowest BCUT2D eigenvalue weighted by molar-refractivity contribution is -0.133. The second-order valence-electron chi connectivity index (χ2n) is 7.04. The van der Waals surface area contributed by atoms with E-state index >= 15 is 0 Å². The summed E-state index contributed by atoms with van der Waals surface area (Å²) in [6, 6.07) is 5.84. The van der Waals surface area contributed by atoms with Gasteiger partial charge >= 0.3 is 0 Å². The first-order valence-corrected chi connectivity index (χ1v) is 12.3. The van der Waals surface area contributed by atoms with E-state index in [2.05, 4.69) is 0 Å². The van der Waals surface area contributed by atoms with Gasteiger partial charge in [-0.25, -0.2) is 8.42 Å². The highest BCUT2D eigenvalue weighted by molar-refractivity contribution is 7.91. The van der Waals surface area contributed by atoms with Gasteiger partial charge in [-0.1, -0.05) is 25.0 Å². The smallest absolute Gasteiger partial charge is 0.264 e. The fourth-order valence-corrected chi connectivity index (χ4v) is 5.43. The van der Waals surface area contributed by atoms with E-state index in [4.69, 9.17) is 9.44 Å². The third-order valence-corrected chi connectivity index (χ3v) is 7.27. The Labute approximate surface area is 166 Å². The van der Waals surface area contributed by atoms with Crippen molar-refractivity contribution in [3.05, 3.63) is 29.8 Å². The van der Waals surface area contributed by atoms with E-state index in [9.17, 15) is 21.6 Å².